The summed E-state index contributed by atoms with van der Waals surface area (Å²) in [6.07, 6.45) is 0. The molecule has 34 heavy (non-hydrogen) atoms. The standard InChI is InChI=1S/C25H21F2N3O4/c1-33-14-18-10-16(8-9-19(18)20-4-2-3-5-21(20)26)25-29-24(30-34-25)15-6-7-17(22(27)11-15)12-28-13-23(31)32/h2-11,28H,12-14H2,1H3,(H,31,32). The van der Waals surface area contributed by atoms with Crippen LogP contribution in [0.15, 0.2) is 65.2 Å². The van der Waals surface area contributed by atoms with Gasteiger partial charge in [0.1, 0.15) is 11.6 Å². The third-order valence-electron chi connectivity index (χ3n) is 5.15. The highest BCUT2D eigenvalue weighted by Crippen LogP contribution is 2.31. The van der Waals surface area contributed by atoms with E-state index in [4.69, 9.17) is 14.4 Å². The molecule has 0 unspecified atom stereocenters. The van der Waals surface area contributed by atoms with Gasteiger partial charge in [0, 0.05) is 35.9 Å². The summed E-state index contributed by atoms with van der Waals surface area (Å²) in [5.74, 6) is -1.45. The van der Waals surface area contributed by atoms with Gasteiger partial charge < -0.3 is 19.7 Å². The molecule has 1 aromatic heterocycles. The topological polar surface area (TPSA) is 97.5 Å². The number of methoxy groups -OCH3 is 1. The number of nitrogens with zero attached hydrogens (tertiary/aromatic N) is 2. The van der Waals surface area contributed by atoms with Crippen LogP contribution in [0.3, 0.4) is 0 Å². The van der Waals surface area contributed by atoms with Gasteiger partial charge in [0.05, 0.1) is 13.2 Å². The second-order valence-corrected chi connectivity index (χ2v) is 7.51. The van der Waals surface area contributed by atoms with E-state index < -0.39 is 11.8 Å². The van der Waals surface area contributed by atoms with Crippen LogP contribution in [0.25, 0.3) is 34.0 Å². The quantitative estimate of drug-likeness (QED) is 0.371. The van der Waals surface area contributed by atoms with Crippen LogP contribution in [-0.2, 0) is 22.7 Å². The van der Waals surface area contributed by atoms with E-state index in [0.717, 1.165) is 5.56 Å². The normalized spacial score (nSPS) is 11.0. The first-order chi connectivity index (χ1) is 16.5. The van der Waals surface area contributed by atoms with E-state index in [2.05, 4.69) is 15.5 Å². The fraction of sp³-hybridized carbons (Fsp3) is 0.160. The third-order valence-corrected chi connectivity index (χ3v) is 5.15. The molecule has 0 saturated carbocycles. The molecule has 2 N–H and O–H groups in total. The molecule has 174 valence electrons. The van der Waals surface area contributed by atoms with Crippen LogP contribution in [0.5, 0.6) is 0 Å². The Bertz CT molecular complexity index is 1320. The summed E-state index contributed by atoms with van der Waals surface area (Å²) in [5, 5.41) is 15.3. The summed E-state index contributed by atoms with van der Waals surface area (Å²) in [4.78, 5) is 15.0. The molecule has 0 atom stereocenters. The van der Waals surface area contributed by atoms with Gasteiger partial charge in [-0.15, -0.1) is 0 Å². The van der Waals surface area contributed by atoms with Gasteiger partial charge in [-0.3, -0.25) is 4.79 Å². The maximum atomic E-state index is 14.4. The molecular weight excluding hydrogens is 444 g/mol. The molecule has 4 rings (SSSR count). The number of hydrogen-bond acceptors (Lipinski definition) is 6. The first kappa shape index (κ1) is 23.2. The van der Waals surface area contributed by atoms with Crippen molar-refractivity contribution in [2.45, 2.75) is 13.2 Å². The number of aromatic nitrogens is 2. The van der Waals surface area contributed by atoms with Gasteiger partial charge >= 0.3 is 5.97 Å². The highest BCUT2D eigenvalue weighted by atomic mass is 19.1. The van der Waals surface area contributed by atoms with Crippen LogP contribution in [0.1, 0.15) is 11.1 Å². The van der Waals surface area contributed by atoms with Gasteiger partial charge in [-0.05, 0) is 35.4 Å². The number of carbonyl (C=O) groups is 1. The molecule has 9 heteroatoms. The van der Waals surface area contributed by atoms with Gasteiger partial charge in [0.2, 0.25) is 5.82 Å². The number of nitrogens with one attached hydrogen (secondary N) is 1. The van der Waals surface area contributed by atoms with E-state index in [0.29, 0.717) is 27.8 Å². The lowest BCUT2D eigenvalue weighted by Crippen LogP contribution is -2.22. The molecule has 0 aliphatic rings. The van der Waals surface area contributed by atoms with E-state index >= 15 is 0 Å². The van der Waals surface area contributed by atoms with E-state index in [-0.39, 0.29) is 37.2 Å². The third kappa shape index (κ3) is 5.16. The Labute approximate surface area is 194 Å². The van der Waals surface area contributed by atoms with Crippen molar-refractivity contribution in [3.63, 3.8) is 0 Å². The van der Waals surface area contributed by atoms with Crippen LogP contribution < -0.4 is 5.32 Å². The van der Waals surface area contributed by atoms with E-state index in [1.54, 1.807) is 49.6 Å². The molecule has 0 saturated heterocycles. The molecule has 0 bridgehead atoms. The Morgan fingerprint density at radius 1 is 1.00 bits per heavy atom. The zero-order chi connectivity index (χ0) is 24.1. The Balaban J connectivity index is 1.59. The smallest absolute Gasteiger partial charge is 0.317 e. The fourth-order valence-electron chi connectivity index (χ4n) is 3.54. The van der Waals surface area contributed by atoms with Crippen LogP contribution in [0, 0.1) is 11.6 Å². The zero-order valence-corrected chi connectivity index (χ0v) is 18.2. The van der Waals surface area contributed by atoms with Crippen LogP contribution in [0.2, 0.25) is 0 Å². The maximum absolute atomic E-state index is 14.4. The maximum Gasteiger partial charge on any atom is 0.317 e. The highest BCUT2D eigenvalue weighted by molar-refractivity contribution is 5.72. The molecule has 0 aliphatic heterocycles. The number of rotatable bonds is 9. The minimum absolute atomic E-state index is 0.0759. The van der Waals surface area contributed by atoms with Crippen molar-refractivity contribution in [2.24, 2.45) is 0 Å². The summed E-state index contributed by atoms with van der Waals surface area (Å²) in [6.45, 7) is 0.0593. The highest BCUT2D eigenvalue weighted by Gasteiger charge is 2.16. The van der Waals surface area contributed by atoms with Crippen molar-refractivity contribution < 1.29 is 27.9 Å². The van der Waals surface area contributed by atoms with Crippen molar-refractivity contribution in [3.8, 4) is 34.0 Å². The van der Waals surface area contributed by atoms with Gasteiger partial charge in [-0.2, -0.15) is 4.98 Å². The van der Waals surface area contributed by atoms with Gasteiger partial charge in [0.15, 0.2) is 0 Å². The van der Waals surface area contributed by atoms with Crippen molar-refractivity contribution >= 4 is 5.97 Å². The van der Waals surface area contributed by atoms with Gasteiger partial charge in [0.25, 0.3) is 5.89 Å². The van der Waals surface area contributed by atoms with Crippen molar-refractivity contribution in [2.75, 3.05) is 13.7 Å². The summed E-state index contributed by atoms with van der Waals surface area (Å²) in [7, 11) is 1.55. The number of benzene rings is 3. The molecule has 0 spiro atoms. The Morgan fingerprint density at radius 2 is 1.79 bits per heavy atom. The summed E-state index contributed by atoms with van der Waals surface area (Å²) >= 11 is 0. The number of ether oxygens (including phenoxy) is 1. The number of aliphatic carboxylic acids is 1. The lowest BCUT2D eigenvalue weighted by atomic mass is 9.97. The molecule has 4 aromatic rings. The average Bonchev–Trinajstić information content (AvgIpc) is 3.31. The summed E-state index contributed by atoms with van der Waals surface area (Å²) in [6, 6.07) is 16.2. The molecule has 0 radical (unpaired) electrons. The molecule has 1 heterocycles. The van der Waals surface area contributed by atoms with Gasteiger partial charge in [-0.25, -0.2) is 8.78 Å². The molecule has 0 amide bonds. The SMILES string of the molecule is COCc1cc(-c2nc(-c3ccc(CNCC(=O)O)c(F)c3)no2)ccc1-c1ccccc1F. The Hall–Kier alpha value is -3.95. The van der Waals surface area contributed by atoms with E-state index in [1.807, 2.05) is 0 Å². The molecule has 0 fully saturated rings. The molecule has 0 aliphatic carbocycles. The molecule has 7 nitrogen and oxygen atoms in total. The minimum Gasteiger partial charge on any atom is -0.480 e. The van der Waals surface area contributed by atoms with Crippen molar-refractivity contribution in [3.05, 3.63) is 83.4 Å². The van der Waals surface area contributed by atoms with Crippen molar-refractivity contribution in [1.29, 1.82) is 0 Å². The number of carboxylic acids is 1. The lowest BCUT2D eigenvalue weighted by molar-refractivity contribution is -0.136. The van der Waals surface area contributed by atoms with Crippen molar-refractivity contribution in [1.82, 2.24) is 15.5 Å². The predicted octanol–water partition coefficient (Wildman–Crippen LogP) is 4.67. The van der Waals surface area contributed by atoms with E-state index in [9.17, 15) is 13.6 Å². The Kier molecular flexibility index (Phi) is 7.05. The molecular formula is C25H21F2N3O4. The second kappa shape index (κ2) is 10.3. The zero-order valence-electron chi connectivity index (χ0n) is 18.2. The van der Waals surface area contributed by atoms with Crippen LogP contribution in [0.4, 0.5) is 8.78 Å². The number of carboxylic acid groups (broad SMARTS) is 1. The number of hydrogen-bond donors (Lipinski definition) is 2. The van der Waals surface area contributed by atoms with E-state index in [1.165, 1.54) is 18.2 Å². The minimum atomic E-state index is -1.02. The van der Waals surface area contributed by atoms with Gasteiger partial charge in [-0.1, -0.05) is 41.6 Å². The first-order valence-electron chi connectivity index (χ1n) is 10.4. The lowest BCUT2D eigenvalue weighted by Gasteiger charge is -2.11. The first-order valence-corrected chi connectivity index (χ1v) is 10.4. The summed E-state index contributed by atoms with van der Waals surface area (Å²) < 4.78 is 39.5. The predicted molar refractivity (Wildman–Crippen MR) is 121 cm³/mol. The second-order valence-electron chi connectivity index (χ2n) is 7.51. The fourth-order valence-corrected chi connectivity index (χ4v) is 3.54. The largest absolute Gasteiger partial charge is 0.480 e. The monoisotopic (exact) mass is 465 g/mol. The van der Waals surface area contributed by atoms with Crippen LogP contribution in [-0.4, -0.2) is 34.9 Å². The summed E-state index contributed by atoms with van der Waals surface area (Å²) in [5.41, 5.74) is 3.24. The number of halogens is 2. The average molecular weight is 465 g/mol. The van der Waals surface area contributed by atoms with Crippen LogP contribution >= 0.6 is 0 Å². The molecule has 3 aromatic carbocycles. The Morgan fingerprint density at radius 3 is 2.53 bits per heavy atom.